The van der Waals surface area contributed by atoms with Crippen molar-refractivity contribution >= 4 is 12.0 Å². The van der Waals surface area contributed by atoms with Crippen LogP contribution in [-0.2, 0) is 6.54 Å². The summed E-state index contributed by atoms with van der Waals surface area (Å²) in [6, 6.07) is 5.41. The minimum absolute atomic E-state index is 0.0828. The quantitative estimate of drug-likeness (QED) is 0.707. The first-order valence-electron chi connectivity index (χ1n) is 6.18. The third-order valence-corrected chi connectivity index (χ3v) is 2.55. The molecule has 0 heterocycles. The third kappa shape index (κ3) is 7.19. The number of carboxylic acid groups (broad SMARTS) is 1. The molecule has 3 N–H and O–H groups in total. The van der Waals surface area contributed by atoms with E-state index >= 15 is 0 Å². The van der Waals surface area contributed by atoms with Crippen LogP contribution in [0.5, 0.6) is 0 Å². The summed E-state index contributed by atoms with van der Waals surface area (Å²) < 4.78 is 35.6. The van der Waals surface area contributed by atoms with Gasteiger partial charge < -0.3 is 15.7 Å². The van der Waals surface area contributed by atoms with Gasteiger partial charge in [0.1, 0.15) is 0 Å². The number of carbonyl (C=O) groups is 2. The van der Waals surface area contributed by atoms with E-state index in [0.717, 1.165) is 0 Å². The summed E-state index contributed by atoms with van der Waals surface area (Å²) in [5.41, 5.74) is 0.681. The molecule has 0 aliphatic rings. The van der Waals surface area contributed by atoms with Gasteiger partial charge in [-0.25, -0.2) is 9.59 Å². The van der Waals surface area contributed by atoms with Crippen LogP contribution in [0.3, 0.4) is 0 Å². The van der Waals surface area contributed by atoms with E-state index in [1.165, 1.54) is 12.1 Å². The average Bonchev–Trinajstić information content (AvgIpc) is 2.40. The summed E-state index contributed by atoms with van der Waals surface area (Å²) in [6.07, 6.45) is -5.37. The lowest BCUT2D eigenvalue weighted by molar-refractivity contribution is -0.135. The lowest BCUT2D eigenvalue weighted by Gasteiger charge is -2.09. The van der Waals surface area contributed by atoms with E-state index in [0.29, 0.717) is 5.56 Å². The van der Waals surface area contributed by atoms with E-state index in [1.54, 1.807) is 12.1 Å². The Labute approximate surface area is 119 Å². The molecular weight excluding hydrogens is 289 g/mol. The maximum Gasteiger partial charge on any atom is 0.389 e. The Hall–Kier alpha value is -2.25. The fourth-order valence-electron chi connectivity index (χ4n) is 1.55. The molecule has 1 aromatic rings. The molecule has 21 heavy (non-hydrogen) atoms. The number of carbonyl (C=O) groups excluding carboxylic acids is 1. The predicted molar refractivity (Wildman–Crippen MR) is 68.9 cm³/mol. The maximum atomic E-state index is 11.9. The molecule has 0 fully saturated rings. The number of hydrogen-bond donors (Lipinski definition) is 3. The first-order chi connectivity index (χ1) is 9.78. The topological polar surface area (TPSA) is 78.4 Å². The lowest BCUT2D eigenvalue weighted by Crippen LogP contribution is -2.35. The molecule has 8 heteroatoms. The Morgan fingerprint density at radius 2 is 1.90 bits per heavy atom. The van der Waals surface area contributed by atoms with E-state index in [4.69, 9.17) is 5.11 Å². The van der Waals surface area contributed by atoms with Crippen LogP contribution < -0.4 is 10.6 Å². The van der Waals surface area contributed by atoms with Crippen LogP contribution in [0.4, 0.5) is 18.0 Å². The molecule has 0 saturated carbocycles. The van der Waals surface area contributed by atoms with Crippen molar-refractivity contribution in [3.05, 3.63) is 35.4 Å². The normalized spacial score (nSPS) is 11.0. The van der Waals surface area contributed by atoms with Crippen LogP contribution in [0.25, 0.3) is 0 Å². The van der Waals surface area contributed by atoms with Gasteiger partial charge in [-0.1, -0.05) is 12.1 Å². The summed E-state index contributed by atoms with van der Waals surface area (Å²) >= 11 is 0. The van der Waals surface area contributed by atoms with Crippen LogP contribution in [-0.4, -0.2) is 29.8 Å². The predicted octanol–water partition coefficient (Wildman–Crippen LogP) is 2.53. The second kappa shape index (κ2) is 7.51. The molecule has 1 rings (SSSR count). The Kier molecular flexibility index (Phi) is 6.01. The minimum Gasteiger partial charge on any atom is -0.478 e. The highest BCUT2D eigenvalue weighted by molar-refractivity contribution is 5.87. The molecule has 0 saturated heterocycles. The van der Waals surface area contributed by atoms with Crippen molar-refractivity contribution < 1.29 is 27.9 Å². The molecule has 0 unspecified atom stereocenters. The fourth-order valence-corrected chi connectivity index (χ4v) is 1.55. The monoisotopic (exact) mass is 304 g/mol. The number of benzene rings is 1. The van der Waals surface area contributed by atoms with Gasteiger partial charge in [0, 0.05) is 19.5 Å². The number of urea groups is 1. The van der Waals surface area contributed by atoms with Crippen molar-refractivity contribution in [2.75, 3.05) is 6.54 Å². The van der Waals surface area contributed by atoms with E-state index in [9.17, 15) is 22.8 Å². The molecule has 0 aliphatic heterocycles. The van der Waals surface area contributed by atoms with Crippen molar-refractivity contribution in [3.8, 4) is 0 Å². The zero-order valence-corrected chi connectivity index (χ0v) is 11.0. The van der Waals surface area contributed by atoms with Gasteiger partial charge in [0.25, 0.3) is 0 Å². The zero-order chi connectivity index (χ0) is 15.9. The Morgan fingerprint density at radius 1 is 1.19 bits per heavy atom. The number of rotatable bonds is 6. The standard InChI is InChI=1S/C13H15F3N2O3/c14-13(15,16)5-2-6-17-12(21)18-8-9-3-1-4-10(7-9)11(19)20/h1,3-4,7H,2,5-6,8H2,(H,19,20)(H2,17,18,21). The van der Waals surface area contributed by atoms with Crippen LogP contribution in [0.15, 0.2) is 24.3 Å². The number of hydrogen-bond acceptors (Lipinski definition) is 2. The number of nitrogens with one attached hydrogen (secondary N) is 2. The second-order valence-electron chi connectivity index (χ2n) is 4.33. The van der Waals surface area contributed by atoms with Crippen molar-refractivity contribution in [1.82, 2.24) is 10.6 Å². The smallest absolute Gasteiger partial charge is 0.389 e. The highest BCUT2D eigenvalue weighted by Gasteiger charge is 2.25. The van der Waals surface area contributed by atoms with E-state index in [1.807, 2.05) is 0 Å². The van der Waals surface area contributed by atoms with Gasteiger partial charge in [-0.05, 0) is 24.1 Å². The first kappa shape index (κ1) is 16.8. The molecule has 0 spiro atoms. The minimum atomic E-state index is -4.23. The van der Waals surface area contributed by atoms with Gasteiger partial charge in [0.15, 0.2) is 0 Å². The molecule has 0 radical (unpaired) electrons. The van der Waals surface area contributed by atoms with Gasteiger partial charge >= 0.3 is 18.2 Å². The Bertz CT molecular complexity index is 504. The SMILES string of the molecule is O=C(NCCCC(F)(F)F)NCc1cccc(C(=O)O)c1. The van der Waals surface area contributed by atoms with Crippen molar-refractivity contribution in [1.29, 1.82) is 0 Å². The number of alkyl halides is 3. The molecule has 0 aliphatic carbocycles. The molecule has 116 valence electrons. The average molecular weight is 304 g/mol. The number of aromatic carboxylic acids is 1. The Morgan fingerprint density at radius 3 is 2.52 bits per heavy atom. The zero-order valence-electron chi connectivity index (χ0n) is 11.0. The van der Waals surface area contributed by atoms with E-state index in [2.05, 4.69) is 10.6 Å². The second-order valence-corrected chi connectivity index (χ2v) is 4.33. The number of amides is 2. The summed E-state index contributed by atoms with van der Waals surface area (Å²) in [7, 11) is 0. The third-order valence-electron chi connectivity index (χ3n) is 2.55. The van der Waals surface area contributed by atoms with Crippen LogP contribution in [0, 0.1) is 0 Å². The molecule has 2 amide bonds. The van der Waals surface area contributed by atoms with Gasteiger partial charge in [0.2, 0.25) is 0 Å². The van der Waals surface area contributed by atoms with Gasteiger partial charge in [0.05, 0.1) is 5.56 Å². The molecule has 0 atom stereocenters. The summed E-state index contributed by atoms with van der Waals surface area (Å²) in [5.74, 6) is -1.08. The lowest BCUT2D eigenvalue weighted by atomic mass is 10.1. The molecule has 5 nitrogen and oxygen atoms in total. The van der Waals surface area contributed by atoms with Crippen LogP contribution in [0.1, 0.15) is 28.8 Å². The maximum absolute atomic E-state index is 11.9. The van der Waals surface area contributed by atoms with Gasteiger partial charge in [-0.3, -0.25) is 0 Å². The van der Waals surface area contributed by atoms with Gasteiger partial charge in [-0.2, -0.15) is 13.2 Å². The first-order valence-corrected chi connectivity index (χ1v) is 6.18. The summed E-state index contributed by atoms with van der Waals surface area (Å²) in [6.45, 7) is 0.00668. The molecule has 0 bridgehead atoms. The number of halogens is 3. The Balaban J connectivity index is 2.30. The summed E-state index contributed by atoms with van der Waals surface area (Å²) in [5, 5.41) is 13.5. The van der Waals surface area contributed by atoms with E-state index < -0.39 is 24.6 Å². The molecule has 0 aromatic heterocycles. The largest absolute Gasteiger partial charge is 0.478 e. The highest BCUT2D eigenvalue weighted by atomic mass is 19.4. The molecule has 1 aromatic carbocycles. The van der Waals surface area contributed by atoms with Crippen LogP contribution in [0.2, 0.25) is 0 Å². The van der Waals surface area contributed by atoms with Crippen molar-refractivity contribution in [2.24, 2.45) is 0 Å². The van der Waals surface area contributed by atoms with Crippen molar-refractivity contribution in [2.45, 2.75) is 25.6 Å². The molecular formula is C13H15F3N2O3. The van der Waals surface area contributed by atoms with Gasteiger partial charge in [-0.15, -0.1) is 0 Å². The highest BCUT2D eigenvalue weighted by Crippen LogP contribution is 2.20. The number of carboxylic acids is 1. The fraction of sp³-hybridized carbons (Fsp3) is 0.385. The van der Waals surface area contributed by atoms with Crippen LogP contribution >= 0.6 is 0 Å². The summed E-state index contributed by atoms with van der Waals surface area (Å²) in [4.78, 5) is 22.1. The van der Waals surface area contributed by atoms with E-state index in [-0.39, 0.29) is 25.1 Å². The van der Waals surface area contributed by atoms with Crippen molar-refractivity contribution in [3.63, 3.8) is 0 Å².